The van der Waals surface area contributed by atoms with Crippen LogP contribution in [0.2, 0.25) is 0 Å². The van der Waals surface area contributed by atoms with Gasteiger partial charge in [-0.25, -0.2) is 4.98 Å². The zero-order valence-electron chi connectivity index (χ0n) is 9.31. The molecule has 0 amide bonds. The van der Waals surface area contributed by atoms with Crippen LogP contribution in [0.5, 0.6) is 0 Å². The molecule has 86 valence electrons. The summed E-state index contributed by atoms with van der Waals surface area (Å²) in [7, 11) is 0. The Hall–Kier alpha value is -1.64. The number of nitrogens with zero attached hydrogens (tertiary/aromatic N) is 3. The second kappa shape index (κ2) is 4.32. The van der Waals surface area contributed by atoms with Crippen molar-refractivity contribution in [2.75, 3.05) is 31.1 Å². The van der Waals surface area contributed by atoms with Gasteiger partial charge in [0.25, 0.3) is 0 Å². The molecule has 0 bridgehead atoms. The van der Waals surface area contributed by atoms with E-state index in [0.717, 1.165) is 41.5 Å². The van der Waals surface area contributed by atoms with E-state index < -0.39 is 0 Å². The number of nitrogens with one attached hydrogen (secondary N) is 1. The van der Waals surface area contributed by atoms with Gasteiger partial charge in [-0.15, -0.1) is 0 Å². The largest absolute Gasteiger partial charge is 0.346 e. The maximum Gasteiger partial charge on any atom is 0.186 e. The monoisotopic (exact) mass is 244 g/mol. The van der Waals surface area contributed by atoms with E-state index in [4.69, 9.17) is 5.26 Å². The van der Waals surface area contributed by atoms with Gasteiger partial charge in [0.2, 0.25) is 0 Å². The normalized spacial score (nSPS) is 16.1. The summed E-state index contributed by atoms with van der Waals surface area (Å²) in [6, 6.07) is 7.83. The van der Waals surface area contributed by atoms with Crippen molar-refractivity contribution in [1.82, 2.24) is 10.3 Å². The molecule has 0 spiro atoms. The van der Waals surface area contributed by atoms with Crippen LogP contribution in [0.1, 0.15) is 5.56 Å². The molecule has 17 heavy (non-hydrogen) atoms. The summed E-state index contributed by atoms with van der Waals surface area (Å²) in [6.45, 7) is 4.04. The molecule has 0 aliphatic carbocycles. The first-order chi connectivity index (χ1) is 8.36. The summed E-state index contributed by atoms with van der Waals surface area (Å²) in [4.78, 5) is 6.92. The maximum absolute atomic E-state index is 8.87. The summed E-state index contributed by atoms with van der Waals surface area (Å²) in [6.07, 6.45) is 0. The van der Waals surface area contributed by atoms with E-state index in [1.807, 2.05) is 18.2 Å². The minimum absolute atomic E-state index is 0.702. The van der Waals surface area contributed by atoms with E-state index in [9.17, 15) is 0 Å². The highest BCUT2D eigenvalue weighted by molar-refractivity contribution is 7.22. The third-order valence-corrected chi connectivity index (χ3v) is 3.97. The highest BCUT2D eigenvalue weighted by Crippen LogP contribution is 2.29. The molecule has 1 aliphatic heterocycles. The van der Waals surface area contributed by atoms with E-state index in [2.05, 4.69) is 21.3 Å². The molecule has 1 aromatic carbocycles. The Bertz CT molecular complexity index is 578. The van der Waals surface area contributed by atoms with Crippen LogP contribution in [0.4, 0.5) is 5.13 Å². The van der Waals surface area contributed by atoms with Gasteiger partial charge in [0, 0.05) is 26.2 Å². The quantitative estimate of drug-likeness (QED) is 0.827. The van der Waals surface area contributed by atoms with Gasteiger partial charge in [-0.2, -0.15) is 5.26 Å². The number of hydrogen-bond donors (Lipinski definition) is 1. The lowest BCUT2D eigenvalue weighted by molar-refractivity contribution is 0.588. The highest BCUT2D eigenvalue weighted by atomic mass is 32.1. The van der Waals surface area contributed by atoms with E-state index in [-0.39, 0.29) is 0 Å². The number of hydrogen-bond acceptors (Lipinski definition) is 5. The Morgan fingerprint density at radius 3 is 2.94 bits per heavy atom. The fourth-order valence-electron chi connectivity index (χ4n) is 1.97. The lowest BCUT2D eigenvalue weighted by Crippen LogP contribution is -2.43. The summed E-state index contributed by atoms with van der Waals surface area (Å²) in [5.74, 6) is 0. The number of fused-ring (bicyclic) bond motifs is 1. The van der Waals surface area contributed by atoms with E-state index in [1.54, 1.807) is 11.3 Å². The van der Waals surface area contributed by atoms with E-state index in [1.165, 1.54) is 0 Å². The summed E-state index contributed by atoms with van der Waals surface area (Å²) < 4.78 is 1.09. The number of rotatable bonds is 1. The zero-order chi connectivity index (χ0) is 11.7. The number of benzene rings is 1. The molecule has 0 unspecified atom stereocenters. The maximum atomic E-state index is 8.87. The second-order valence-corrected chi connectivity index (χ2v) is 5.04. The molecule has 1 aromatic heterocycles. The van der Waals surface area contributed by atoms with Crippen molar-refractivity contribution in [2.45, 2.75) is 0 Å². The van der Waals surface area contributed by atoms with Crippen LogP contribution in [0.15, 0.2) is 18.2 Å². The Labute approximate surface area is 103 Å². The molecule has 5 heteroatoms. The van der Waals surface area contributed by atoms with Crippen molar-refractivity contribution in [1.29, 1.82) is 5.26 Å². The average Bonchev–Trinajstić information content (AvgIpc) is 2.82. The molecule has 0 radical (unpaired) electrons. The second-order valence-electron chi connectivity index (χ2n) is 4.03. The minimum atomic E-state index is 0.702. The molecule has 4 nitrogen and oxygen atoms in total. The van der Waals surface area contributed by atoms with Crippen molar-refractivity contribution in [2.24, 2.45) is 0 Å². The van der Waals surface area contributed by atoms with Crippen LogP contribution in [-0.4, -0.2) is 31.2 Å². The first kappa shape index (κ1) is 10.5. The number of aromatic nitrogens is 1. The summed E-state index contributed by atoms with van der Waals surface area (Å²) in [5, 5.41) is 13.3. The molecule has 0 atom stereocenters. The fourth-order valence-corrected chi connectivity index (χ4v) is 3.03. The smallest absolute Gasteiger partial charge is 0.186 e. The van der Waals surface area contributed by atoms with Gasteiger partial charge in [-0.05, 0) is 18.2 Å². The summed E-state index contributed by atoms with van der Waals surface area (Å²) >= 11 is 1.67. The van der Waals surface area contributed by atoms with Gasteiger partial charge < -0.3 is 10.2 Å². The van der Waals surface area contributed by atoms with Crippen molar-refractivity contribution in [3.8, 4) is 6.07 Å². The average molecular weight is 244 g/mol. The van der Waals surface area contributed by atoms with Gasteiger partial charge >= 0.3 is 0 Å². The minimum Gasteiger partial charge on any atom is -0.346 e. The highest BCUT2D eigenvalue weighted by Gasteiger charge is 2.14. The van der Waals surface area contributed by atoms with Crippen molar-refractivity contribution in [3.63, 3.8) is 0 Å². The van der Waals surface area contributed by atoms with Crippen molar-refractivity contribution in [3.05, 3.63) is 23.8 Å². The fraction of sp³-hybridized carbons (Fsp3) is 0.333. The van der Waals surface area contributed by atoms with Crippen LogP contribution >= 0.6 is 11.3 Å². The Morgan fingerprint density at radius 1 is 1.35 bits per heavy atom. The van der Waals surface area contributed by atoms with Gasteiger partial charge in [-0.1, -0.05) is 11.3 Å². The number of thiazole rings is 1. The standard InChI is InChI=1S/C12H12N4S/c13-8-9-1-2-10-11(7-9)17-12(15-10)16-5-3-14-4-6-16/h1-2,7,14H,3-6H2. The van der Waals surface area contributed by atoms with Gasteiger partial charge in [-0.3, -0.25) is 0 Å². The molecule has 1 aliphatic rings. The number of nitriles is 1. The van der Waals surface area contributed by atoms with Gasteiger partial charge in [0.1, 0.15) is 0 Å². The third kappa shape index (κ3) is 1.97. The van der Waals surface area contributed by atoms with Crippen molar-refractivity contribution < 1.29 is 0 Å². The Kier molecular flexibility index (Phi) is 2.67. The lowest BCUT2D eigenvalue weighted by Gasteiger charge is -2.26. The van der Waals surface area contributed by atoms with Crippen molar-refractivity contribution >= 4 is 26.7 Å². The number of piperazine rings is 1. The molecule has 1 saturated heterocycles. The molecule has 1 N–H and O–H groups in total. The predicted molar refractivity (Wildman–Crippen MR) is 69.4 cm³/mol. The molecule has 1 fully saturated rings. The Morgan fingerprint density at radius 2 is 2.18 bits per heavy atom. The van der Waals surface area contributed by atoms with Crippen LogP contribution in [-0.2, 0) is 0 Å². The molecule has 2 aromatic rings. The number of anilines is 1. The molecule has 3 rings (SSSR count). The first-order valence-corrected chi connectivity index (χ1v) is 6.45. The van der Waals surface area contributed by atoms with Gasteiger partial charge in [0.05, 0.1) is 21.8 Å². The first-order valence-electron chi connectivity index (χ1n) is 5.63. The lowest BCUT2D eigenvalue weighted by atomic mass is 10.2. The molecule has 0 saturated carbocycles. The van der Waals surface area contributed by atoms with Crippen LogP contribution in [0, 0.1) is 11.3 Å². The van der Waals surface area contributed by atoms with Crippen LogP contribution < -0.4 is 10.2 Å². The topological polar surface area (TPSA) is 52.0 Å². The molecular weight excluding hydrogens is 232 g/mol. The van der Waals surface area contributed by atoms with E-state index in [0.29, 0.717) is 5.56 Å². The third-order valence-electron chi connectivity index (χ3n) is 2.89. The summed E-state index contributed by atoms with van der Waals surface area (Å²) in [5.41, 5.74) is 1.69. The predicted octanol–water partition coefficient (Wildman–Crippen LogP) is 1.58. The zero-order valence-corrected chi connectivity index (χ0v) is 10.1. The van der Waals surface area contributed by atoms with Crippen LogP contribution in [0.3, 0.4) is 0 Å². The van der Waals surface area contributed by atoms with Crippen LogP contribution in [0.25, 0.3) is 10.2 Å². The molecule has 2 heterocycles. The van der Waals surface area contributed by atoms with E-state index >= 15 is 0 Å². The van der Waals surface area contributed by atoms with Gasteiger partial charge in [0.15, 0.2) is 5.13 Å². The molecular formula is C12H12N4S. The SMILES string of the molecule is N#Cc1ccc2nc(N3CCNCC3)sc2c1. The Balaban J connectivity index is 1.98.